The molecule has 6 nitrogen and oxygen atoms in total. The average molecular weight is 332 g/mol. The Morgan fingerprint density at radius 1 is 1.12 bits per heavy atom. The molecule has 124 valence electrons. The van der Waals surface area contributed by atoms with Crippen molar-refractivity contribution in [1.29, 1.82) is 0 Å². The second-order valence-corrected chi connectivity index (χ2v) is 5.67. The van der Waals surface area contributed by atoms with Crippen molar-refractivity contribution in [3.8, 4) is 5.75 Å². The summed E-state index contributed by atoms with van der Waals surface area (Å²) < 4.78 is 5.19. The number of para-hydroxylation sites is 1. The molecular weight excluding hydrogens is 316 g/mol. The molecule has 25 heavy (non-hydrogen) atoms. The van der Waals surface area contributed by atoms with Crippen molar-refractivity contribution in [1.82, 2.24) is 4.98 Å². The predicted octanol–water partition coefficient (Wildman–Crippen LogP) is 3.38. The third-order valence-electron chi connectivity index (χ3n) is 4.14. The lowest BCUT2D eigenvalue weighted by Gasteiger charge is -2.29. The number of ether oxygens (including phenoxy) is 1. The van der Waals surface area contributed by atoms with Crippen molar-refractivity contribution < 1.29 is 9.53 Å². The van der Waals surface area contributed by atoms with Crippen LogP contribution in [0.15, 0.2) is 59.8 Å². The van der Waals surface area contributed by atoms with Crippen LogP contribution in [0, 0.1) is 0 Å². The van der Waals surface area contributed by atoms with Gasteiger partial charge in [0.2, 0.25) is 5.91 Å². The third-order valence-corrected chi connectivity index (χ3v) is 4.14. The summed E-state index contributed by atoms with van der Waals surface area (Å²) in [6.45, 7) is 1.52. The van der Waals surface area contributed by atoms with Crippen molar-refractivity contribution in [3.63, 3.8) is 0 Å². The third kappa shape index (κ3) is 2.48. The first-order valence-corrected chi connectivity index (χ1v) is 7.85. The Hall–Kier alpha value is -3.41. The average Bonchev–Trinajstić information content (AvgIpc) is 2.66. The molecule has 1 aromatic heterocycles. The number of carbonyl (C=O) groups excluding carboxylic acids is 1. The van der Waals surface area contributed by atoms with E-state index in [1.54, 1.807) is 18.2 Å². The summed E-state index contributed by atoms with van der Waals surface area (Å²) in [5.74, 6) is 1.14. The number of hydrazone groups is 1. The molecule has 2 heterocycles. The maximum Gasteiger partial charge on any atom is 0.229 e. The number of anilines is 2. The fourth-order valence-corrected chi connectivity index (χ4v) is 2.94. The van der Waals surface area contributed by atoms with Crippen molar-refractivity contribution in [3.05, 3.63) is 60.3 Å². The van der Waals surface area contributed by atoms with Gasteiger partial charge >= 0.3 is 0 Å². The van der Waals surface area contributed by atoms with Gasteiger partial charge in [-0.1, -0.05) is 18.2 Å². The highest BCUT2D eigenvalue weighted by molar-refractivity contribution is 6.26. The molecule has 0 radical (unpaired) electrons. The van der Waals surface area contributed by atoms with Gasteiger partial charge in [0.25, 0.3) is 0 Å². The SMILES string of the molecule is COc1ccc(C2=NNc3c(cnc4ccccc34)N2C(C)=O)cc1. The van der Waals surface area contributed by atoms with Crippen LogP contribution < -0.4 is 15.1 Å². The van der Waals surface area contributed by atoms with Crippen LogP contribution in [0.25, 0.3) is 10.9 Å². The number of amidine groups is 1. The number of methoxy groups -OCH3 is 1. The number of pyridine rings is 1. The Morgan fingerprint density at radius 2 is 1.88 bits per heavy atom. The standard InChI is InChI=1S/C19H16N4O2/c1-12(24)23-17-11-20-16-6-4-3-5-15(16)18(17)21-22-19(23)13-7-9-14(25-2)10-8-13/h3-11,21H,1-2H3. The Bertz CT molecular complexity index is 996. The number of nitrogens with one attached hydrogen (secondary N) is 1. The predicted molar refractivity (Wildman–Crippen MR) is 98.1 cm³/mol. The Balaban J connectivity index is 1.86. The quantitative estimate of drug-likeness (QED) is 0.781. The van der Waals surface area contributed by atoms with Gasteiger partial charge in [-0.2, -0.15) is 5.10 Å². The van der Waals surface area contributed by atoms with Gasteiger partial charge in [-0.15, -0.1) is 0 Å². The van der Waals surface area contributed by atoms with E-state index >= 15 is 0 Å². The van der Waals surface area contributed by atoms with Crippen molar-refractivity contribution in [2.75, 3.05) is 17.4 Å². The first-order chi connectivity index (χ1) is 12.2. The van der Waals surface area contributed by atoms with Crippen LogP contribution in [0.5, 0.6) is 5.75 Å². The van der Waals surface area contributed by atoms with E-state index in [-0.39, 0.29) is 5.91 Å². The number of rotatable bonds is 2. The van der Waals surface area contributed by atoms with E-state index in [1.165, 1.54) is 6.92 Å². The molecule has 0 saturated heterocycles. The number of benzene rings is 2. The van der Waals surface area contributed by atoms with Gasteiger partial charge in [0.1, 0.15) is 5.75 Å². The van der Waals surface area contributed by atoms with Crippen LogP contribution in [0.1, 0.15) is 12.5 Å². The summed E-state index contributed by atoms with van der Waals surface area (Å²) in [5, 5.41) is 5.37. The molecule has 1 amide bonds. The van der Waals surface area contributed by atoms with E-state index in [9.17, 15) is 4.79 Å². The molecule has 6 heteroatoms. The van der Waals surface area contributed by atoms with E-state index in [2.05, 4.69) is 15.5 Å². The summed E-state index contributed by atoms with van der Waals surface area (Å²) in [4.78, 5) is 18.4. The zero-order valence-electron chi connectivity index (χ0n) is 13.9. The molecule has 1 aliphatic rings. The summed E-state index contributed by atoms with van der Waals surface area (Å²) in [7, 11) is 1.61. The number of aromatic nitrogens is 1. The van der Waals surface area contributed by atoms with Crippen LogP contribution in [0.4, 0.5) is 11.4 Å². The Kier molecular flexibility index (Phi) is 3.57. The zero-order valence-corrected chi connectivity index (χ0v) is 13.9. The van der Waals surface area contributed by atoms with Crippen molar-refractivity contribution in [2.45, 2.75) is 6.92 Å². The summed E-state index contributed by atoms with van der Waals surface area (Å²) in [6, 6.07) is 15.2. The first kappa shape index (κ1) is 15.1. The van der Waals surface area contributed by atoms with Crippen LogP contribution in [-0.4, -0.2) is 23.8 Å². The fourth-order valence-electron chi connectivity index (χ4n) is 2.94. The fraction of sp³-hybridized carbons (Fsp3) is 0.105. The smallest absolute Gasteiger partial charge is 0.229 e. The van der Waals surface area contributed by atoms with Gasteiger partial charge in [0.05, 0.1) is 30.2 Å². The highest BCUT2D eigenvalue weighted by atomic mass is 16.5. The molecule has 2 aromatic carbocycles. The molecule has 1 aliphatic heterocycles. The van der Waals surface area contributed by atoms with Gasteiger partial charge in [-0.25, -0.2) is 0 Å². The van der Waals surface area contributed by atoms with E-state index < -0.39 is 0 Å². The lowest BCUT2D eigenvalue weighted by Crippen LogP contribution is -2.39. The van der Waals surface area contributed by atoms with Crippen LogP contribution >= 0.6 is 0 Å². The molecule has 0 aliphatic carbocycles. The van der Waals surface area contributed by atoms with Crippen LogP contribution in [0.3, 0.4) is 0 Å². The summed E-state index contributed by atoms with van der Waals surface area (Å²) >= 11 is 0. The second-order valence-electron chi connectivity index (χ2n) is 5.67. The number of hydrogen-bond donors (Lipinski definition) is 1. The maximum atomic E-state index is 12.4. The molecule has 4 rings (SSSR count). The second kappa shape index (κ2) is 5.90. The highest BCUT2D eigenvalue weighted by Crippen LogP contribution is 2.36. The van der Waals surface area contributed by atoms with Gasteiger partial charge in [-0.3, -0.25) is 20.1 Å². The van der Waals surface area contributed by atoms with E-state index in [4.69, 9.17) is 4.74 Å². The minimum absolute atomic E-state index is 0.130. The summed E-state index contributed by atoms with van der Waals surface area (Å²) in [5.41, 5.74) is 6.21. The molecule has 1 N–H and O–H groups in total. The van der Waals surface area contributed by atoms with E-state index in [1.807, 2.05) is 48.5 Å². The van der Waals surface area contributed by atoms with E-state index in [0.717, 1.165) is 27.9 Å². The first-order valence-electron chi connectivity index (χ1n) is 7.85. The minimum Gasteiger partial charge on any atom is -0.497 e. The molecule has 0 saturated carbocycles. The lowest BCUT2D eigenvalue weighted by atomic mass is 10.1. The lowest BCUT2D eigenvalue weighted by molar-refractivity contribution is -0.115. The van der Waals surface area contributed by atoms with Crippen LogP contribution in [0.2, 0.25) is 0 Å². The van der Waals surface area contributed by atoms with Crippen molar-refractivity contribution in [2.24, 2.45) is 5.10 Å². The molecule has 0 bridgehead atoms. The normalized spacial score (nSPS) is 13.0. The molecular formula is C19H16N4O2. The maximum absolute atomic E-state index is 12.4. The minimum atomic E-state index is -0.130. The Labute approximate surface area is 144 Å². The van der Waals surface area contributed by atoms with Crippen LogP contribution in [-0.2, 0) is 4.79 Å². The van der Waals surface area contributed by atoms with Crippen molar-refractivity contribution >= 4 is 34.0 Å². The molecule has 0 spiro atoms. The molecule has 0 atom stereocenters. The number of hydrogen-bond acceptors (Lipinski definition) is 5. The van der Waals surface area contributed by atoms with Gasteiger partial charge < -0.3 is 4.74 Å². The number of carbonyl (C=O) groups is 1. The zero-order chi connectivity index (χ0) is 17.4. The van der Waals surface area contributed by atoms with Gasteiger partial charge in [0, 0.05) is 17.9 Å². The van der Waals surface area contributed by atoms with Gasteiger partial charge in [-0.05, 0) is 30.3 Å². The number of nitrogens with zero attached hydrogens (tertiary/aromatic N) is 3. The van der Waals surface area contributed by atoms with Gasteiger partial charge in [0.15, 0.2) is 5.84 Å². The largest absolute Gasteiger partial charge is 0.497 e. The summed E-state index contributed by atoms with van der Waals surface area (Å²) in [6.07, 6.45) is 1.70. The molecule has 0 unspecified atom stereocenters. The van der Waals surface area contributed by atoms with E-state index in [0.29, 0.717) is 11.5 Å². The molecule has 0 fully saturated rings. The number of fused-ring (bicyclic) bond motifs is 3. The monoisotopic (exact) mass is 332 g/mol. The molecule has 3 aromatic rings. The highest BCUT2D eigenvalue weighted by Gasteiger charge is 2.27. The topological polar surface area (TPSA) is 66.8 Å². The Morgan fingerprint density at radius 3 is 2.60 bits per heavy atom. The number of amides is 1.